The quantitative estimate of drug-likeness (QED) is 0.809. The zero-order valence-electron chi connectivity index (χ0n) is 13.1. The van der Waals surface area contributed by atoms with Crippen LogP contribution in [0.25, 0.3) is 0 Å². The Kier molecular flexibility index (Phi) is 7.40. The number of carboxylic acids is 1. The van der Waals surface area contributed by atoms with Gasteiger partial charge in [0.2, 0.25) is 11.8 Å². The van der Waals surface area contributed by atoms with E-state index in [-0.39, 0.29) is 30.6 Å². The highest BCUT2D eigenvalue weighted by Gasteiger charge is 2.34. The molecule has 0 spiro atoms. The molecule has 1 aliphatic rings. The molecule has 120 valence electrons. The monoisotopic (exact) mass is 297 g/mol. The van der Waals surface area contributed by atoms with Crippen LogP contribution in [-0.2, 0) is 14.4 Å². The van der Waals surface area contributed by atoms with Crippen LogP contribution in [-0.4, -0.2) is 33.8 Å². The Morgan fingerprint density at radius 3 is 1.81 bits per heavy atom. The number of amides is 2. The summed E-state index contributed by atoms with van der Waals surface area (Å²) in [4.78, 5) is 37.2. The van der Waals surface area contributed by atoms with E-state index in [9.17, 15) is 19.5 Å². The Bertz CT molecular complexity index is 356. The van der Waals surface area contributed by atoms with Gasteiger partial charge in [-0.3, -0.25) is 14.5 Å². The van der Waals surface area contributed by atoms with Crippen LogP contribution >= 0.6 is 0 Å². The lowest BCUT2D eigenvalue weighted by molar-refractivity contribution is -0.159. The zero-order valence-corrected chi connectivity index (χ0v) is 13.1. The van der Waals surface area contributed by atoms with Crippen molar-refractivity contribution in [3.8, 4) is 0 Å². The molecule has 0 radical (unpaired) electrons. The second-order valence-corrected chi connectivity index (χ2v) is 6.26. The largest absolute Gasteiger partial charge is 0.480 e. The van der Waals surface area contributed by atoms with Crippen molar-refractivity contribution in [1.29, 1.82) is 0 Å². The minimum atomic E-state index is -1.08. The summed E-state index contributed by atoms with van der Waals surface area (Å²) < 4.78 is 0. The van der Waals surface area contributed by atoms with E-state index in [1.54, 1.807) is 0 Å². The molecule has 5 nitrogen and oxygen atoms in total. The molecule has 0 bridgehead atoms. The molecule has 0 aromatic heterocycles. The number of carbonyl (C=O) groups excluding carboxylic acids is 2. The van der Waals surface area contributed by atoms with Gasteiger partial charge in [-0.15, -0.1) is 0 Å². The van der Waals surface area contributed by atoms with Gasteiger partial charge in [-0.1, -0.05) is 39.5 Å². The third kappa shape index (κ3) is 5.86. The van der Waals surface area contributed by atoms with E-state index in [1.165, 1.54) is 0 Å². The Labute approximate surface area is 126 Å². The van der Waals surface area contributed by atoms with E-state index in [2.05, 4.69) is 0 Å². The summed E-state index contributed by atoms with van der Waals surface area (Å²) in [5, 5.41) is 9.41. The summed E-state index contributed by atoms with van der Waals surface area (Å²) in [6.45, 7) is 3.80. The van der Waals surface area contributed by atoms with Crippen molar-refractivity contribution in [2.45, 2.75) is 77.7 Å². The minimum Gasteiger partial charge on any atom is -0.480 e. The van der Waals surface area contributed by atoms with Gasteiger partial charge in [-0.05, 0) is 25.2 Å². The summed E-state index contributed by atoms with van der Waals surface area (Å²) in [6.07, 6.45) is 6.42. The number of aliphatic carboxylic acids is 1. The molecule has 1 rings (SSSR count). The van der Waals surface area contributed by atoms with Gasteiger partial charge in [-0.2, -0.15) is 0 Å². The topological polar surface area (TPSA) is 74.7 Å². The third-order valence-electron chi connectivity index (χ3n) is 3.86. The molecule has 2 amide bonds. The SMILES string of the molecule is CC(C)C[C@@H](C(=O)O)N1C(=O)CCCCCCCCC1=O. The van der Waals surface area contributed by atoms with Crippen LogP contribution in [0.4, 0.5) is 0 Å². The predicted molar refractivity (Wildman–Crippen MR) is 79.7 cm³/mol. The highest BCUT2D eigenvalue weighted by molar-refractivity contribution is 5.99. The summed E-state index contributed by atoms with van der Waals surface area (Å²) in [5.41, 5.74) is 0. The highest BCUT2D eigenvalue weighted by atomic mass is 16.4. The van der Waals surface area contributed by atoms with Crippen molar-refractivity contribution >= 4 is 17.8 Å². The summed E-state index contributed by atoms with van der Waals surface area (Å²) in [6, 6.07) is -1.02. The fraction of sp³-hybridized carbons (Fsp3) is 0.812. The fourth-order valence-electron chi connectivity index (χ4n) is 2.75. The van der Waals surface area contributed by atoms with Gasteiger partial charge in [0.05, 0.1) is 0 Å². The smallest absolute Gasteiger partial charge is 0.326 e. The first-order chi connectivity index (χ1) is 9.93. The molecule has 1 aliphatic heterocycles. The van der Waals surface area contributed by atoms with Gasteiger partial charge >= 0.3 is 5.97 Å². The van der Waals surface area contributed by atoms with Crippen molar-refractivity contribution in [1.82, 2.24) is 4.90 Å². The lowest BCUT2D eigenvalue weighted by Crippen LogP contribution is -2.49. The van der Waals surface area contributed by atoms with Crippen molar-refractivity contribution in [3.05, 3.63) is 0 Å². The molecule has 1 atom stereocenters. The Balaban J connectivity index is 2.93. The standard InChI is InChI=1S/C16H27NO4/c1-12(2)11-13(16(20)21)17-14(18)9-7-5-3-4-6-8-10-15(17)19/h12-13H,3-11H2,1-2H3,(H,20,21)/t13-/m0/s1. The molecule has 21 heavy (non-hydrogen) atoms. The lowest BCUT2D eigenvalue weighted by Gasteiger charge is -2.28. The molecule has 5 heteroatoms. The molecule has 1 heterocycles. The van der Waals surface area contributed by atoms with Crippen LogP contribution in [0.1, 0.15) is 71.6 Å². The molecule has 1 fully saturated rings. The molecule has 0 aromatic carbocycles. The molecule has 1 saturated heterocycles. The molecule has 1 N–H and O–H groups in total. The van der Waals surface area contributed by atoms with Gasteiger partial charge in [0.25, 0.3) is 0 Å². The van der Waals surface area contributed by atoms with Crippen molar-refractivity contribution in [3.63, 3.8) is 0 Å². The highest BCUT2D eigenvalue weighted by Crippen LogP contribution is 2.19. The number of nitrogens with zero attached hydrogens (tertiary/aromatic N) is 1. The van der Waals surface area contributed by atoms with E-state index < -0.39 is 12.0 Å². The van der Waals surface area contributed by atoms with Gasteiger partial charge < -0.3 is 5.11 Å². The minimum absolute atomic E-state index is 0.116. The van der Waals surface area contributed by atoms with Gasteiger partial charge in [-0.25, -0.2) is 4.79 Å². The van der Waals surface area contributed by atoms with Crippen molar-refractivity contribution in [2.75, 3.05) is 0 Å². The molecular formula is C16H27NO4. The second-order valence-electron chi connectivity index (χ2n) is 6.26. The van der Waals surface area contributed by atoms with E-state index >= 15 is 0 Å². The summed E-state index contributed by atoms with van der Waals surface area (Å²) in [7, 11) is 0. The molecule has 0 aromatic rings. The van der Waals surface area contributed by atoms with Crippen LogP contribution in [0.3, 0.4) is 0 Å². The Morgan fingerprint density at radius 1 is 1.00 bits per heavy atom. The Hall–Kier alpha value is -1.39. The number of hydrogen-bond donors (Lipinski definition) is 1. The maximum Gasteiger partial charge on any atom is 0.326 e. The zero-order chi connectivity index (χ0) is 15.8. The van der Waals surface area contributed by atoms with Crippen molar-refractivity contribution < 1.29 is 19.5 Å². The van der Waals surface area contributed by atoms with E-state index in [4.69, 9.17) is 0 Å². The third-order valence-corrected chi connectivity index (χ3v) is 3.86. The lowest BCUT2D eigenvalue weighted by atomic mass is 10.0. The van der Waals surface area contributed by atoms with E-state index in [1.807, 2.05) is 13.8 Å². The number of carbonyl (C=O) groups is 3. The number of carboxylic acid groups (broad SMARTS) is 1. The molecule has 0 saturated carbocycles. The summed E-state index contributed by atoms with van der Waals surface area (Å²) >= 11 is 0. The molecule has 0 aliphatic carbocycles. The Morgan fingerprint density at radius 2 is 1.43 bits per heavy atom. The van der Waals surface area contributed by atoms with Crippen LogP contribution in [0.5, 0.6) is 0 Å². The number of imide groups is 1. The molecule has 0 unspecified atom stereocenters. The maximum atomic E-state index is 12.3. The van der Waals surface area contributed by atoms with Crippen LogP contribution in [0, 0.1) is 5.92 Å². The van der Waals surface area contributed by atoms with E-state index in [0.29, 0.717) is 6.42 Å². The number of hydrogen-bond acceptors (Lipinski definition) is 3. The van der Waals surface area contributed by atoms with Crippen LogP contribution in [0.2, 0.25) is 0 Å². The maximum absolute atomic E-state index is 12.3. The predicted octanol–water partition coefficient (Wildman–Crippen LogP) is 2.98. The number of rotatable bonds is 4. The first-order valence-corrected chi connectivity index (χ1v) is 8.01. The second kappa shape index (κ2) is 8.80. The average molecular weight is 297 g/mol. The normalized spacial score (nSPS) is 20.2. The van der Waals surface area contributed by atoms with Crippen LogP contribution < -0.4 is 0 Å². The fourth-order valence-corrected chi connectivity index (χ4v) is 2.75. The van der Waals surface area contributed by atoms with Gasteiger partial charge in [0, 0.05) is 12.8 Å². The van der Waals surface area contributed by atoms with E-state index in [0.717, 1.165) is 43.4 Å². The van der Waals surface area contributed by atoms with Crippen molar-refractivity contribution in [2.24, 2.45) is 5.92 Å². The first kappa shape index (κ1) is 17.7. The first-order valence-electron chi connectivity index (χ1n) is 8.01. The molecular weight excluding hydrogens is 270 g/mol. The average Bonchev–Trinajstić information content (AvgIpc) is 2.42. The van der Waals surface area contributed by atoms with Crippen LogP contribution in [0.15, 0.2) is 0 Å². The van der Waals surface area contributed by atoms with Gasteiger partial charge in [0.15, 0.2) is 0 Å². The summed E-state index contributed by atoms with van der Waals surface area (Å²) in [5.74, 6) is -1.62. The van der Waals surface area contributed by atoms with Gasteiger partial charge in [0.1, 0.15) is 6.04 Å².